The highest BCUT2D eigenvalue weighted by molar-refractivity contribution is 5.78. The molecule has 100 valence electrons. The van der Waals surface area contributed by atoms with E-state index in [1.807, 2.05) is 13.8 Å². The van der Waals surface area contributed by atoms with Gasteiger partial charge in [-0.2, -0.15) is 0 Å². The van der Waals surface area contributed by atoms with Crippen LogP contribution in [-0.4, -0.2) is 18.5 Å². The monoisotopic (exact) mass is 248 g/mol. The molecule has 0 saturated carbocycles. The zero-order valence-corrected chi connectivity index (χ0v) is 12.1. The molecule has 1 amide bonds. The van der Waals surface area contributed by atoms with Crippen molar-refractivity contribution < 1.29 is 4.79 Å². The Hall–Kier alpha value is -1.35. The average Bonchev–Trinajstić information content (AvgIpc) is 2.20. The number of carbonyl (C=O) groups is 1. The maximum absolute atomic E-state index is 11.5. The normalized spacial score (nSPS) is 10.8. The highest BCUT2D eigenvalue weighted by Crippen LogP contribution is 2.15. The van der Waals surface area contributed by atoms with E-state index in [1.54, 1.807) is 0 Å². The summed E-state index contributed by atoms with van der Waals surface area (Å²) in [5.41, 5.74) is 5.14. The second-order valence-corrected chi connectivity index (χ2v) is 5.20. The maximum Gasteiger partial charge on any atom is 0.234 e. The van der Waals surface area contributed by atoms with Crippen molar-refractivity contribution in [3.8, 4) is 0 Å². The van der Waals surface area contributed by atoms with Crippen molar-refractivity contribution in [3.63, 3.8) is 0 Å². The topological polar surface area (TPSA) is 41.1 Å². The summed E-state index contributed by atoms with van der Waals surface area (Å²) >= 11 is 0. The van der Waals surface area contributed by atoms with Crippen molar-refractivity contribution in [3.05, 3.63) is 34.4 Å². The lowest BCUT2D eigenvalue weighted by Crippen LogP contribution is -2.37. The Bertz CT molecular complexity index is 401. The lowest BCUT2D eigenvalue weighted by Gasteiger charge is -2.13. The van der Waals surface area contributed by atoms with E-state index in [-0.39, 0.29) is 11.9 Å². The third-order valence-corrected chi connectivity index (χ3v) is 2.88. The number of carbonyl (C=O) groups excluding carboxylic acids is 1. The molecule has 3 nitrogen and oxygen atoms in total. The maximum atomic E-state index is 11.5. The minimum absolute atomic E-state index is 0.0485. The van der Waals surface area contributed by atoms with Gasteiger partial charge in [0, 0.05) is 12.6 Å². The number of benzene rings is 1. The van der Waals surface area contributed by atoms with Gasteiger partial charge in [-0.1, -0.05) is 17.7 Å². The van der Waals surface area contributed by atoms with Crippen LogP contribution in [0.5, 0.6) is 0 Å². The minimum Gasteiger partial charge on any atom is -0.353 e. The third kappa shape index (κ3) is 4.49. The Kier molecular flexibility index (Phi) is 5.35. The highest BCUT2D eigenvalue weighted by atomic mass is 16.1. The summed E-state index contributed by atoms with van der Waals surface area (Å²) in [7, 11) is 0. The van der Waals surface area contributed by atoms with Gasteiger partial charge in [0.25, 0.3) is 0 Å². The van der Waals surface area contributed by atoms with Gasteiger partial charge in [-0.05, 0) is 51.3 Å². The summed E-state index contributed by atoms with van der Waals surface area (Å²) in [4.78, 5) is 11.5. The zero-order chi connectivity index (χ0) is 13.7. The summed E-state index contributed by atoms with van der Waals surface area (Å²) < 4.78 is 0. The quantitative estimate of drug-likeness (QED) is 0.839. The van der Waals surface area contributed by atoms with E-state index >= 15 is 0 Å². The van der Waals surface area contributed by atoms with Crippen LogP contribution in [0, 0.1) is 20.8 Å². The van der Waals surface area contributed by atoms with Gasteiger partial charge in [0.05, 0.1) is 6.54 Å². The average molecular weight is 248 g/mol. The summed E-state index contributed by atoms with van der Waals surface area (Å²) in [6.45, 7) is 11.4. The number of hydrogen-bond donors (Lipinski definition) is 2. The number of rotatable bonds is 5. The lowest BCUT2D eigenvalue weighted by atomic mass is 10.00. The van der Waals surface area contributed by atoms with Crippen LogP contribution in [0.4, 0.5) is 0 Å². The van der Waals surface area contributed by atoms with Gasteiger partial charge < -0.3 is 10.6 Å². The zero-order valence-electron chi connectivity index (χ0n) is 12.1. The smallest absolute Gasteiger partial charge is 0.234 e. The molecule has 0 bridgehead atoms. The Morgan fingerprint density at radius 2 is 1.72 bits per heavy atom. The molecular weight excluding hydrogens is 224 g/mol. The Labute approximate surface area is 110 Å². The van der Waals surface area contributed by atoms with Crippen LogP contribution in [0.3, 0.4) is 0 Å². The van der Waals surface area contributed by atoms with Gasteiger partial charge in [-0.3, -0.25) is 4.79 Å². The molecule has 0 fully saturated rings. The highest BCUT2D eigenvalue weighted by Gasteiger charge is 2.06. The molecule has 0 aliphatic heterocycles. The van der Waals surface area contributed by atoms with Crippen LogP contribution in [0.25, 0.3) is 0 Å². The molecule has 1 rings (SSSR count). The van der Waals surface area contributed by atoms with Crippen LogP contribution < -0.4 is 10.6 Å². The van der Waals surface area contributed by atoms with E-state index in [1.165, 1.54) is 22.3 Å². The van der Waals surface area contributed by atoms with Crippen molar-refractivity contribution in [1.82, 2.24) is 10.6 Å². The van der Waals surface area contributed by atoms with Crippen LogP contribution in [-0.2, 0) is 11.3 Å². The Morgan fingerprint density at radius 3 is 2.22 bits per heavy atom. The molecule has 0 spiro atoms. The number of amides is 1. The molecule has 0 atom stereocenters. The first-order chi connectivity index (χ1) is 8.40. The number of nitrogens with one attached hydrogen (secondary N) is 2. The van der Waals surface area contributed by atoms with Gasteiger partial charge in [-0.15, -0.1) is 0 Å². The summed E-state index contributed by atoms with van der Waals surface area (Å²) in [5.74, 6) is 0.0485. The van der Waals surface area contributed by atoms with Gasteiger partial charge in [0.1, 0.15) is 0 Å². The van der Waals surface area contributed by atoms with Gasteiger partial charge in [0.2, 0.25) is 5.91 Å². The largest absolute Gasteiger partial charge is 0.353 e. The summed E-state index contributed by atoms with van der Waals surface area (Å²) in [6, 6.07) is 4.55. The van der Waals surface area contributed by atoms with E-state index in [4.69, 9.17) is 0 Å². The van der Waals surface area contributed by atoms with Crippen LogP contribution in [0.15, 0.2) is 12.1 Å². The van der Waals surface area contributed by atoms with Crippen molar-refractivity contribution in [2.75, 3.05) is 6.54 Å². The first-order valence-corrected chi connectivity index (χ1v) is 6.47. The fraction of sp³-hybridized carbons (Fsp3) is 0.533. The van der Waals surface area contributed by atoms with E-state index in [2.05, 4.69) is 43.5 Å². The van der Waals surface area contributed by atoms with Crippen molar-refractivity contribution in [1.29, 1.82) is 0 Å². The molecule has 0 aliphatic rings. The Balaban J connectivity index is 2.52. The van der Waals surface area contributed by atoms with Crippen LogP contribution in [0.1, 0.15) is 36.1 Å². The van der Waals surface area contributed by atoms with Crippen LogP contribution >= 0.6 is 0 Å². The van der Waals surface area contributed by atoms with Crippen molar-refractivity contribution in [2.24, 2.45) is 0 Å². The van der Waals surface area contributed by atoms with Crippen molar-refractivity contribution in [2.45, 2.75) is 47.2 Å². The minimum atomic E-state index is 0.0485. The second-order valence-electron chi connectivity index (χ2n) is 5.20. The predicted octanol–water partition coefficient (Wildman–Crippen LogP) is 2.23. The van der Waals surface area contributed by atoms with E-state index in [9.17, 15) is 4.79 Å². The van der Waals surface area contributed by atoms with Gasteiger partial charge in [-0.25, -0.2) is 0 Å². The first-order valence-electron chi connectivity index (χ1n) is 6.47. The Morgan fingerprint density at radius 1 is 1.17 bits per heavy atom. The van der Waals surface area contributed by atoms with E-state index < -0.39 is 0 Å². The van der Waals surface area contributed by atoms with E-state index in [0.29, 0.717) is 6.54 Å². The van der Waals surface area contributed by atoms with Crippen molar-refractivity contribution >= 4 is 5.91 Å². The van der Waals surface area contributed by atoms with Gasteiger partial charge >= 0.3 is 0 Å². The molecule has 1 aromatic carbocycles. The second kappa shape index (κ2) is 6.55. The molecule has 0 aliphatic carbocycles. The molecule has 2 N–H and O–H groups in total. The summed E-state index contributed by atoms with van der Waals surface area (Å²) in [5, 5.41) is 6.06. The molecular formula is C15H24N2O. The summed E-state index contributed by atoms with van der Waals surface area (Å²) in [6.07, 6.45) is 0. The standard InChI is InChI=1S/C15H24N2O/c1-10(2)17-15(18)9-16-8-14-12(4)6-11(3)7-13(14)5/h6-7,10,16H,8-9H2,1-5H3,(H,17,18). The fourth-order valence-corrected chi connectivity index (χ4v) is 2.16. The van der Waals surface area contributed by atoms with Gasteiger partial charge in [0.15, 0.2) is 0 Å². The molecule has 0 saturated heterocycles. The SMILES string of the molecule is Cc1cc(C)c(CNCC(=O)NC(C)C)c(C)c1. The molecule has 1 aromatic rings. The van der Waals surface area contributed by atoms with E-state index in [0.717, 1.165) is 6.54 Å². The molecule has 18 heavy (non-hydrogen) atoms. The third-order valence-electron chi connectivity index (χ3n) is 2.88. The lowest BCUT2D eigenvalue weighted by molar-refractivity contribution is -0.120. The molecule has 0 unspecified atom stereocenters. The molecule has 0 radical (unpaired) electrons. The molecule has 3 heteroatoms. The van der Waals surface area contributed by atoms with Crippen LogP contribution in [0.2, 0.25) is 0 Å². The predicted molar refractivity (Wildman–Crippen MR) is 75.6 cm³/mol. The molecule has 0 heterocycles. The number of aryl methyl sites for hydroxylation is 3. The molecule has 0 aromatic heterocycles. The number of hydrogen-bond acceptors (Lipinski definition) is 2. The fourth-order valence-electron chi connectivity index (χ4n) is 2.16. The first kappa shape index (κ1) is 14.7.